The lowest BCUT2D eigenvalue weighted by Crippen LogP contribution is -2.59. The summed E-state index contributed by atoms with van der Waals surface area (Å²) in [6.07, 6.45) is 17.5. The number of pyridine rings is 2. The first-order valence-corrected chi connectivity index (χ1v) is 12.0. The third-order valence-corrected chi connectivity index (χ3v) is 9.13. The van der Waals surface area contributed by atoms with Crippen LogP contribution in [0, 0.1) is 23.7 Å². The summed E-state index contributed by atoms with van der Waals surface area (Å²) in [4.78, 5) is 0. The average Bonchev–Trinajstić information content (AvgIpc) is 2.75. The van der Waals surface area contributed by atoms with E-state index in [1.54, 1.807) is 0 Å². The molecule has 0 aromatic carbocycles. The Morgan fingerprint density at radius 1 is 0.700 bits per heavy atom. The minimum Gasteiger partial charge on any atom is -0.484 e. The first-order chi connectivity index (χ1) is 14.7. The number of aromatic nitrogens is 2. The molecule has 0 saturated heterocycles. The lowest BCUT2D eigenvalue weighted by Gasteiger charge is -2.61. The van der Waals surface area contributed by atoms with E-state index in [9.17, 15) is 0 Å². The predicted molar refractivity (Wildman–Crippen MR) is 111 cm³/mol. The van der Waals surface area contributed by atoms with E-state index in [0.29, 0.717) is 35.9 Å². The van der Waals surface area contributed by atoms with E-state index in [1.165, 1.54) is 49.7 Å². The topological polar surface area (TPSA) is 26.2 Å². The maximum absolute atomic E-state index is 6.72. The summed E-state index contributed by atoms with van der Waals surface area (Å²) in [6.45, 7) is 0. The largest absolute Gasteiger partial charge is 0.484 e. The van der Waals surface area contributed by atoms with Gasteiger partial charge in [-0.3, -0.25) is 0 Å². The van der Waals surface area contributed by atoms with Gasteiger partial charge in [0.05, 0.1) is 0 Å². The quantitative estimate of drug-likeness (QED) is 0.628. The van der Waals surface area contributed by atoms with Crippen molar-refractivity contribution in [3.8, 4) is 11.5 Å². The third kappa shape index (κ3) is 2.28. The van der Waals surface area contributed by atoms with Crippen LogP contribution in [0.15, 0.2) is 36.9 Å². The molecule has 3 aliphatic carbocycles. The normalized spacial score (nSPS) is 40.1. The summed E-state index contributed by atoms with van der Waals surface area (Å²) in [7, 11) is 4.22. The van der Waals surface area contributed by atoms with E-state index in [4.69, 9.17) is 9.47 Å². The zero-order chi connectivity index (χ0) is 20.0. The number of hydrogen-bond donors (Lipinski definition) is 0. The van der Waals surface area contributed by atoms with Gasteiger partial charge in [0, 0.05) is 46.9 Å². The summed E-state index contributed by atoms with van der Waals surface area (Å²) >= 11 is 0. The van der Waals surface area contributed by atoms with Crippen molar-refractivity contribution in [1.29, 1.82) is 0 Å². The van der Waals surface area contributed by atoms with Gasteiger partial charge < -0.3 is 9.47 Å². The van der Waals surface area contributed by atoms with Gasteiger partial charge in [0.2, 0.25) is 12.4 Å². The Hall–Kier alpha value is -2.10. The highest BCUT2D eigenvalue weighted by Gasteiger charge is 2.61. The maximum atomic E-state index is 6.72. The molecule has 30 heavy (non-hydrogen) atoms. The molecule has 0 radical (unpaired) electrons. The molecule has 0 amide bonds. The van der Waals surface area contributed by atoms with Crippen molar-refractivity contribution in [2.45, 2.75) is 62.6 Å². The molecule has 8 unspecified atom stereocenters. The second-order valence-corrected chi connectivity index (χ2v) is 10.6. The number of nitrogens with zero attached hydrogens (tertiary/aromatic N) is 2. The molecular formula is C26H32N2O2+2. The monoisotopic (exact) mass is 404 g/mol. The molecule has 2 aliphatic heterocycles. The van der Waals surface area contributed by atoms with Gasteiger partial charge in [-0.15, -0.1) is 0 Å². The van der Waals surface area contributed by atoms with E-state index in [0.717, 1.165) is 23.3 Å². The van der Waals surface area contributed by atoms with Crippen molar-refractivity contribution in [2.75, 3.05) is 0 Å². The SMILES string of the molecule is C[n+]1ccc2c(c1)OC1CCCC3C4CCCC5Oc6c[n+](C)ccc6C(C2C13)C54. The van der Waals surface area contributed by atoms with Crippen molar-refractivity contribution < 1.29 is 18.6 Å². The molecule has 156 valence electrons. The molecule has 4 nitrogen and oxygen atoms in total. The number of aryl methyl sites for hydroxylation is 2. The summed E-state index contributed by atoms with van der Waals surface area (Å²) in [5.74, 6) is 6.28. The second-order valence-electron chi connectivity index (χ2n) is 10.6. The van der Waals surface area contributed by atoms with Crippen molar-refractivity contribution in [2.24, 2.45) is 37.8 Å². The van der Waals surface area contributed by atoms with E-state index in [1.807, 2.05) is 0 Å². The first-order valence-electron chi connectivity index (χ1n) is 12.0. The number of fused-ring (bicyclic) bond motifs is 6. The van der Waals surface area contributed by atoms with E-state index in [-0.39, 0.29) is 0 Å². The van der Waals surface area contributed by atoms with Crippen molar-refractivity contribution in [3.05, 3.63) is 48.0 Å². The number of rotatable bonds is 0. The highest BCUT2D eigenvalue weighted by molar-refractivity contribution is 5.45. The Kier molecular flexibility index (Phi) is 3.64. The van der Waals surface area contributed by atoms with Gasteiger partial charge in [-0.25, -0.2) is 9.13 Å². The molecule has 4 heteroatoms. The summed E-state index contributed by atoms with van der Waals surface area (Å²) < 4.78 is 17.7. The Morgan fingerprint density at radius 2 is 1.17 bits per heavy atom. The minimum atomic E-state index is 0.385. The van der Waals surface area contributed by atoms with E-state index in [2.05, 4.69) is 60.1 Å². The average molecular weight is 405 g/mol. The number of hydrogen-bond acceptors (Lipinski definition) is 2. The van der Waals surface area contributed by atoms with Crippen LogP contribution in [0.1, 0.15) is 61.5 Å². The fraction of sp³-hybridized carbons (Fsp3) is 0.615. The molecule has 8 atom stereocenters. The van der Waals surface area contributed by atoms with Crippen molar-refractivity contribution in [1.82, 2.24) is 0 Å². The van der Waals surface area contributed by atoms with Crippen LogP contribution >= 0.6 is 0 Å². The predicted octanol–water partition coefficient (Wildman–Crippen LogP) is 3.57. The Balaban J connectivity index is 1.47. The van der Waals surface area contributed by atoms with Gasteiger partial charge in [0.25, 0.3) is 0 Å². The zero-order valence-corrected chi connectivity index (χ0v) is 18.0. The highest BCUT2D eigenvalue weighted by atomic mass is 16.5. The second kappa shape index (κ2) is 6.21. The minimum absolute atomic E-state index is 0.385. The van der Waals surface area contributed by atoms with Crippen LogP contribution < -0.4 is 18.6 Å². The van der Waals surface area contributed by atoms with Crippen LogP contribution in [0.5, 0.6) is 11.5 Å². The van der Waals surface area contributed by atoms with Crippen molar-refractivity contribution in [3.63, 3.8) is 0 Å². The Bertz CT molecular complexity index is 939. The van der Waals surface area contributed by atoms with Gasteiger partial charge in [-0.1, -0.05) is 0 Å². The van der Waals surface area contributed by atoms with Crippen LogP contribution in [0.25, 0.3) is 0 Å². The molecule has 2 aromatic heterocycles. The third-order valence-electron chi connectivity index (χ3n) is 9.13. The summed E-state index contributed by atoms with van der Waals surface area (Å²) in [5.41, 5.74) is 2.91. The molecule has 5 aliphatic rings. The lowest BCUT2D eigenvalue weighted by molar-refractivity contribution is -0.672. The van der Waals surface area contributed by atoms with E-state index >= 15 is 0 Å². The molecule has 7 rings (SSSR count). The van der Waals surface area contributed by atoms with Gasteiger partial charge >= 0.3 is 0 Å². The Morgan fingerprint density at radius 3 is 1.63 bits per heavy atom. The number of ether oxygens (including phenoxy) is 2. The van der Waals surface area contributed by atoms with Gasteiger partial charge in [0.1, 0.15) is 26.3 Å². The van der Waals surface area contributed by atoms with Crippen LogP contribution in [0.4, 0.5) is 0 Å². The van der Waals surface area contributed by atoms with Gasteiger partial charge in [0.15, 0.2) is 23.9 Å². The molecule has 2 aromatic rings. The van der Waals surface area contributed by atoms with E-state index < -0.39 is 0 Å². The van der Waals surface area contributed by atoms with Crippen LogP contribution in [-0.4, -0.2) is 12.2 Å². The Labute approximate surface area is 178 Å². The molecular weight excluding hydrogens is 372 g/mol. The van der Waals surface area contributed by atoms with Gasteiger partial charge in [-0.2, -0.15) is 0 Å². The molecule has 3 saturated carbocycles. The highest BCUT2D eigenvalue weighted by Crippen LogP contribution is 2.66. The van der Waals surface area contributed by atoms with Gasteiger partial charge in [-0.05, 0) is 50.4 Å². The zero-order valence-electron chi connectivity index (χ0n) is 18.0. The van der Waals surface area contributed by atoms with Crippen LogP contribution in [0.2, 0.25) is 0 Å². The first kappa shape index (κ1) is 17.6. The lowest BCUT2D eigenvalue weighted by atomic mass is 9.46. The van der Waals surface area contributed by atoms with Crippen LogP contribution in [0.3, 0.4) is 0 Å². The summed E-state index contributed by atoms with van der Waals surface area (Å²) in [5, 5.41) is 0. The van der Waals surface area contributed by atoms with Crippen molar-refractivity contribution >= 4 is 0 Å². The molecule has 0 spiro atoms. The smallest absolute Gasteiger partial charge is 0.211 e. The molecule has 0 N–H and O–H groups in total. The van der Waals surface area contributed by atoms with Crippen LogP contribution in [-0.2, 0) is 14.1 Å². The molecule has 0 bridgehead atoms. The fourth-order valence-corrected chi connectivity index (χ4v) is 8.22. The molecule has 4 heterocycles. The fourth-order valence-electron chi connectivity index (χ4n) is 8.22. The standard InChI is InChI=1S/C26H32N2O2/c1-27-11-9-17-21(13-27)29-19-7-3-5-15-16-6-4-8-20-24(16)26(25(17)23(15)19)18-10-12-28(2)14-22(18)30-20/h9-16,19-20,23-26H,3-8H2,1-2H3/q+2. The molecule has 3 fully saturated rings. The maximum Gasteiger partial charge on any atom is 0.211 e. The summed E-state index contributed by atoms with van der Waals surface area (Å²) in [6, 6.07) is 4.72.